The summed E-state index contributed by atoms with van der Waals surface area (Å²) in [7, 11) is 0. The van der Waals surface area contributed by atoms with E-state index in [2.05, 4.69) is 29.7 Å². The van der Waals surface area contributed by atoms with Crippen molar-refractivity contribution >= 4 is 63.9 Å². The summed E-state index contributed by atoms with van der Waals surface area (Å²) in [6.45, 7) is -1.32. The fourth-order valence-electron chi connectivity index (χ4n) is 4.63. The van der Waals surface area contributed by atoms with Crippen molar-refractivity contribution in [3.63, 3.8) is 0 Å². The lowest BCUT2D eigenvalue weighted by molar-refractivity contribution is -0.150. The Morgan fingerprint density at radius 2 is 2.09 bits per heavy atom. The second-order valence-electron chi connectivity index (χ2n) is 9.40. The molecule has 0 aliphatic carbocycles. The fourth-order valence-corrected chi connectivity index (χ4v) is 6.41. The molecule has 230 valence electrons. The molecule has 5 rings (SSSR count). The Labute approximate surface area is 261 Å². The molecular weight excluding hydrogens is 629 g/mol. The first kappa shape index (κ1) is 30.9. The molecule has 2 aromatic heterocycles. The highest BCUT2D eigenvalue weighted by atomic mass is 32.2. The number of carboxylic acids is 1. The number of nitrogens with two attached hydrogens (primary N) is 1. The number of benzene rings is 1. The van der Waals surface area contributed by atoms with Gasteiger partial charge in [0, 0.05) is 35.3 Å². The van der Waals surface area contributed by atoms with Crippen molar-refractivity contribution in [3.8, 4) is 17.3 Å². The number of nitrogens with zero attached hydrogens (tertiary/aromatic N) is 5. The van der Waals surface area contributed by atoms with Gasteiger partial charge in [-0.1, -0.05) is 29.4 Å². The van der Waals surface area contributed by atoms with E-state index in [1.54, 1.807) is 12.4 Å². The Bertz CT molecular complexity index is 1790. The number of nitriles is 1. The van der Waals surface area contributed by atoms with Gasteiger partial charge in [0.05, 0.1) is 0 Å². The van der Waals surface area contributed by atoms with E-state index in [0.717, 1.165) is 33.1 Å². The Kier molecular flexibility index (Phi) is 9.20. The number of rotatable bonds is 11. The SMILES string of the molecule is N#CNC(=O)/C=C/c1cc(-c2ccc(CC3=C(C(=O)O)N4C(=O)C(NC(=O)/C(=N\OCF)c5nsc(N)n5)C4SC3)cc2)c[nH]1. The number of β-lactam (4-membered cyclic amide) rings is 1. The zero-order valence-corrected chi connectivity index (χ0v) is 24.5. The number of aromatic amines is 1. The maximum atomic E-state index is 13.1. The minimum absolute atomic E-state index is 0.0324. The molecule has 18 heteroatoms. The Morgan fingerprint density at radius 3 is 2.76 bits per heavy atom. The molecule has 1 aromatic carbocycles. The molecule has 0 bridgehead atoms. The summed E-state index contributed by atoms with van der Waals surface area (Å²) in [5, 5.41) is 25.8. The van der Waals surface area contributed by atoms with Crippen LogP contribution in [0.4, 0.5) is 9.52 Å². The van der Waals surface area contributed by atoms with Crippen molar-refractivity contribution in [2.45, 2.75) is 17.8 Å². The van der Waals surface area contributed by atoms with Crippen molar-refractivity contribution in [1.29, 1.82) is 5.26 Å². The van der Waals surface area contributed by atoms with E-state index in [9.17, 15) is 28.7 Å². The predicted octanol–water partition coefficient (Wildman–Crippen LogP) is 1.35. The van der Waals surface area contributed by atoms with E-state index in [4.69, 9.17) is 11.0 Å². The number of alkyl halides is 1. The highest BCUT2D eigenvalue weighted by Crippen LogP contribution is 2.41. The van der Waals surface area contributed by atoms with Crippen molar-refractivity contribution in [3.05, 3.63) is 71.0 Å². The number of halogens is 1. The molecule has 1 saturated heterocycles. The van der Waals surface area contributed by atoms with Gasteiger partial charge in [0.1, 0.15) is 17.1 Å². The van der Waals surface area contributed by atoms with Gasteiger partial charge < -0.3 is 26.0 Å². The Balaban J connectivity index is 1.27. The molecule has 3 amide bonds. The standard InChI is InChI=1S/C27H22FN9O6S2/c28-11-43-35-19(22-34-27(30)45-36-22)23(39)33-20-24(40)37-21(26(41)42)16(10-44-25(20)37)7-13-1-3-14(4-2-13)15-8-17(31-9-15)5-6-18(38)32-12-29/h1-6,8-9,20,25,31H,7,10-11H2,(H,32,38)(H,33,39)(H,41,42)(H2,30,34,36)/b6-5+,35-19-. The van der Waals surface area contributed by atoms with E-state index in [-0.39, 0.29) is 28.8 Å². The summed E-state index contributed by atoms with van der Waals surface area (Å²) >= 11 is 2.07. The summed E-state index contributed by atoms with van der Waals surface area (Å²) in [6.07, 6.45) is 6.35. The number of amides is 3. The van der Waals surface area contributed by atoms with Crippen molar-refractivity contribution in [2.75, 3.05) is 18.3 Å². The fraction of sp³-hybridized carbons (Fsp3) is 0.185. The average Bonchev–Trinajstić information content (AvgIpc) is 3.68. The molecule has 3 aromatic rings. The molecule has 2 unspecified atom stereocenters. The number of thioether (sulfide) groups is 1. The van der Waals surface area contributed by atoms with E-state index in [1.165, 1.54) is 23.9 Å². The topological polar surface area (TPSA) is 229 Å². The first-order chi connectivity index (χ1) is 21.7. The van der Waals surface area contributed by atoms with Crippen LogP contribution in [-0.2, 0) is 30.4 Å². The number of hydrogen-bond donors (Lipinski definition) is 5. The van der Waals surface area contributed by atoms with E-state index in [0.29, 0.717) is 11.3 Å². The van der Waals surface area contributed by atoms with E-state index in [1.807, 2.05) is 35.6 Å². The van der Waals surface area contributed by atoms with Gasteiger partial charge >= 0.3 is 5.97 Å². The summed E-state index contributed by atoms with van der Waals surface area (Å²) in [5.41, 5.74) is 8.65. The second-order valence-corrected chi connectivity index (χ2v) is 11.3. The van der Waals surface area contributed by atoms with Gasteiger partial charge in [-0.15, -0.1) is 11.8 Å². The van der Waals surface area contributed by atoms with E-state index < -0.39 is 47.7 Å². The number of anilines is 1. The van der Waals surface area contributed by atoms with Crippen molar-refractivity contribution in [2.24, 2.45) is 5.16 Å². The van der Waals surface area contributed by atoms with Gasteiger partial charge in [-0.05, 0) is 40.8 Å². The molecule has 6 N–H and O–H groups in total. The molecule has 15 nitrogen and oxygen atoms in total. The van der Waals surface area contributed by atoms with Crippen molar-refractivity contribution < 1.29 is 33.5 Å². The molecular formula is C27H22FN9O6S2. The van der Waals surface area contributed by atoms with Crippen LogP contribution in [0.2, 0.25) is 0 Å². The average molecular weight is 652 g/mol. The number of nitrogens with one attached hydrogen (secondary N) is 3. The number of H-pyrrole nitrogens is 1. The third-order valence-corrected chi connectivity index (χ3v) is 8.50. The van der Waals surface area contributed by atoms with Crippen LogP contribution >= 0.6 is 23.3 Å². The molecule has 2 aliphatic rings. The zero-order valence-electron chi connectivity index (χ0n) is 22.9. The summed E-state index contributed by atoms with van der Waals surface area (Å²) in [6, 6.07) is 8.18. The maximum Gasteiger partial charge on any atom is 0.352 e. The van der Waals surface area contributed by atoms with Crippen LogP contribution in [0.15, 0.2) is 59.0 Å². The first-order valence-corrected chi connectivity index (χ1v) is 14.7. The highest BCUT2D eigenvalue weighted by molar-refractivity contribution is 8.00. The molecule has 2 aliphatic heterocycles. The molecule has 45 heavy (non-hydrogen) atoms. The number of aromatic nitrogens is 3. The van der Waals surface area contributed by atoms with Crippen LogP contribution in [-0.4, -0.2) is 77.8 Å². The van der Waals surface area contributed by atoms with Gasteiger partial charge in [-0.2, -0.15) is 14.6 Å². The number of nitrogen functional groups attached to an aromatic ring is 1. The van der Waals surface area contributed by atoms with E-state index >= 15 is 0 Å². The molecule has 0 saturated carbocycles. The normalized spacial score (nSPS) is 17.8. The number of carboxylic acid groups (broad SMARTS) is 1. The first-order valence-electron chi connectivity index (χ1n) is 12.9. The number of aliphatic carboxylic acids is 1. The molecule has 4 heterocycles. The monoisotopic (exact) mass is 651 g/mol. The number of fused-ring (bicyclic) bond motifs is 1. The van der Waals surface area contributed by atoms with Crippen LogP contribution in [0.5, 0.6) is 0 Å². The maximum absolute atomic E-state index is 13.1. The third kappa shape index (κ3) is 6.68. The van der Waals surface area contributed by atoms with Gasteiger partial charge in [0.15, 0.2) is 11.3 Å². The number of oxime groups is 1. The largest absolute Gasteiger partial charge is 0.477 e. The molecule has 1 fully saturated rings. The minimum Gasteiger partial charge on any atom is -0.477 e. The minimum atomic E-state index is -1.32. The van der Waals surface area contributed by atoms with Gasteiger partial charge in [-0.3, -0.25) is 24.6 Å². The van der Waals surface area contributed by atoms with Crippen LogP contribution in [0.1, 0.15) is 17.1 Å². The number of hydrogen-bond acceptors (Lipinski definition) is 12. The lowest BCUT2D eigenvalue weighted by atomic mass is 9.97. The lowest BCUT2D eigenvalue weighted by Crippen LogP contribution is -2.71. The summed E-state index contributed by atoms with van der Waals surface area (Å²) in [5.74, 6) is -3.29. The third-order valence-electron chi connectivity index (χ3n) is 6.61. The van der Waals surface area contributed by atoms with Crippen molar-refractivity contribution in [1.82, 2.24) is 29.9 Å². The smallest absolute Gasteiger partial charge is 0.352 e. The predicted molar refractivity (Wildman–Crippen MR) is 160 cm³/mol. The second kappa shape index (κ2) is 13.4. The molecule has 0 spiro atoms. The Hall–Kier alpha value is -5.54. The quantitative estimate of drug-likeness (QED) is 0.0496. The van der Waals surface area contributed by atoms with Gasteiger partial charge in [-0.25, -0.2) is 9.18 Å². The van der Waals surface area contributed by atoms with Crippen LogP contribution < -0.4 is 16.4 Å². The number of carbonyl (C=O) groups is 4. The van der Waals surface area contributed by atoms with Crippen LogP contribution in [0.25, 0.3) is 17.2 Å². The highest BCUT2D eigenvalue weighted by Gasteiger charge is 2.54. The van der Waals surface area contributed by atoms with Crippen LogP contribution in [0.3, 0.4) is 0 Å². The lowest BCUT2D eigenvalue weighted by Gasteiger charge is -2.49. The summed E-state index contributed by atoms with van der Waals surface area (Å²) < 4.78 is 16.4. The molecule has 0 radical (unpaired) electrons. The van der Waals surface area contributed by atoms with Gasteiger partial charge in [0.25, 0.3) is 24.6 Å². The molecule has 2 atom stereocenters. The Morgan fingerprint density at radius 1 is 1.31 bits per heavy atom. The zero-order chi connectivity index (χ0) is 32.1. The van der Waals surface area contributed by atoms with Gasteiger partial charge in [0.2, 0.25) is 11.5 Å². The number of carbonyl (C=O) groups excluding carboxylic acids is 3. The van der Waals surface area contributed by atoms with Crippen LogP contribution in [0, 0.1) is 11.5 Å². The summed E-state index contributed by atoms with van der Waals surface area (Å²) in [4.78, 5) is 62.2.